The molecule has 30 heavy (non-hydrogen) atoms. The summed E-state index contributed by atoms with van der Waals surface area (Å²) in [6.07, 6.45) is -0.204. The number of fused-ring (bicyclic) bond motifs is 1. The lowest BCUT2D eigenvalue weighted by atomic mass is 9.95. The van der Waals surface area contributed by atoms with Crippen molar-refractivity contribution in [2.45, 2.75) is 18.6 Å². The maximum atomic E-state index is 11.0. The van der Waals surface area contributed by atoms with E-state index in [1.165, 1.54) is 12.1 Å². The second-order valence-corrected chi connectivity index (χ2v) is 7.27. The van der Waals surface area contributed by atoms with E-state index in [0.717, 1.165) is 27.6 Å². The van der Waals surface area contributed by atoms with Gasteiger partial charge >= 0.3 is 0 Å². The van der Waals surface area contributed by atoms with E-state index in [1.54, 1.807) is 12.1 Å². The van der Waals surface area contributed by atoms with Crippen LogP contribution in [0.15, 0.2) is 97.1 Å². The lowest BCUT2D eigenvalue weighted by molar-refractivity contribution is -0.384. The lowest BCUT2D eigenvalue weighted by Gasteiger charge is -2.24. The Morgan fingerprint density at radius 3 is 2.17 bits per heavy atom. The molecule has 0 spiro atoms. The highest BCUT2D eigenvalue weighted by Crippen LogP contribution is 2.31. The molecular weight excluding hydrogens is 376 g/mol. The fourth-order valence-electron chi connectivity index (χ4n) is 3.62. The molecule has 0 radical (unpaired) electrons. The van der Waals surface area contributed by atoms with E-state index in [1.807, 2.05) is 66.7 Å². The number of aliphatic hydroxyl groups is 1. The SMILES string of the molecule is O=[N+]([O-])c1ccc(NC(CC(O)c2ccc3ccccc3c2)c2ccccc2)cc1. The van der Waals surface area contributed by atoms with Crippen LogP contribution in [0, 0.1) is 10.1 Å². The van der Waals surface area contributed by atoms with Crippen molar-refractivity contribution in [1.29, 1.82) is 0 Å². The van der Waals surface area contributed by atoms with E-state index < -0.39 is 11.0 Å². The van der Waals surface area contributed by atoms with Crippen LogP contribution < -0.4 is 5.32 Å². The topological polar surface area (TPSA) is 75.4 Å². The Morgan fingerprint density at radius 1 is 0.800 bits per heavy atom. The van der Waals surface area contributed by atoms with Gasteiger partial charge in [-0.1, -0.05) is 66.7 Å². The third kappa shape index (κ3) is 4.47. The number of nitro benzene ring substituents is 1. The maximum Gasteiger partial charge on any atom is 0.269 e. The van der Waals surface area contributed by atoms with Gasteiger partial charge in [0.2, 0.25) is 0 Å². The molecule has 0 bridgehead atoms. The van der Waals surface area contributed by atoms with Gasteiger partial charge in [0.1, 0.15) is 0 Å². The third-order valence-corrected chi connectivity index (χ3v) is 5.24. The molecule has 0 aliphatic heterocycles. The Hall–Kier alpha value is -3.70. The summed E-state index contributed by atoms with van der Waals surface area (Å²) in [4.78, 5) is 10.5. The highest BCUT2D eigenvalue weighted by atomic mass is 16.6. The summed E-state index contributed by atoms with van der Waals surface area (Å²) in [7, 11) is 0. The monoisotopic (exact) mass is 398 g/mol. The van der Waals surface area contributed by atoms with Gasteiger partial charge in [0.05, 0.1) is 17.1 Å². The van der Waals surface area contributed by atoms with Crippen LogP contribution in [0.2, 0.25) is 0 Å². The summed E-state index contributed by atoms with van der Waals surface area (Å²) < 4.78 is 0. The van der Waals surface area contributed by atoms with Gasteiger partial charge in [-0.2, -0.15) is 0 Å². The van der Waals surface area contributed by atoms with Crippen LogP contribution in [0.1, 0.15) is 29.7 Å². The van der Waals surface area contributed by atoms with E-state index in [9.17, 15) is 15.2 Å². The fourth-order valence-corrected chi connectivity index (χ4v) is 3.62. The Bertz CT molecular complexity index is 1140. The molecule has 5 heteroatoms. The predicted molar refractivity (Wildman–Crippen MR) is 119 cm³/mol. The number of aliphatic hydroxyl groups excluding tert-OH is 1. The molecule has 0 heterocycles. The van der Waals surface area contributed by atoms with Crippen molar-refractivity contribution >= 4 is 22.1 Å². The zero-order valence-corrected chi connectivity index (χ0v) is 16.3. The van der Waals surface area contributed by atoms with Crippen LogP contribution in [0.3, 0.4) is 0 Å². The minimum Gasteiger partial charge on any atom is -0.388 e. The largest absolute Gasteiger partial charge is 0.388 e. The van der Waals surface area contributed by atoms with Gasteiger partial charge in [-0.25, -0.2) is 0 Å². The molecule has 0 fully saturated rings. The minimum atomic E-state index is -0.662. The number of nitro groups is 1. The second kappa shape index (κ2) is 8.76. The standard InChI is InChI=1S/C25H22N2O3/c28-25(21-11-10-18-6-4-5-9-20(18)16-21)17-24(19-7-2-1-3-8-19)26-22-12-14-23(15-13-22)27(29)30/h1-16,24-26,28H,17H2. The summed E-state index contributed by atoms with van der Waals surface area (Å²) in [5, 5.41) is 27.5. The van der Waals surface area contributed by atoms with Gasteiger partial charge in [-0.05, 0) is 40.1 Å². The number of nitrogens with zero attached hydrogens (tertiary/aromatic N) is 1. The van der Waals surface area contributed by atoms with Gasteiger partial charge in [0.15, 0.2) is 0 Å². The zero-order valence-electron chi connectivity index (χ0n) is 16.3. The van der Waals surface area contributed by atoms with Crippen molar-refractivity contribution in [2.24, 2.45) is 0 Å². The summed E-state index contributed by atoms with van der Waals surface area (Å²) >= 11 is 0. The molecule has 0 amide bonds. The summed E-state index contributed by atoms with van der Waals surface area (Å²) in [6.45, 7) is 0. The van der Waals surface area contributed by atoms with Crippen LogP contribution in [0.25, 0.3) is 10.8 Å². The number of rotatable bonds is 7. The van der Waals surface area contributed by atoms with Gasteiger partial charge < -0.3 is 10.4 Å². The van der Waals surface area contributed by atoms with Gasteiger partial charge in [-0.15, -0.1) is 0 Å². The second-order valence-electron chi connectivity index (χ2n) is 7.27. The maximum absolute atomic E-state index is 11.0. The van der Waals surface area contributed by atoms with E-state index in [4.69, 9.17) is 0 Å². The quantitative estimate of drug-likeness (QED) is 0.295. The Balaban J connectivity index is 1.58. The molecular formula is C25H22N2O3. The first kappa shape index (κ1) is 19.6. The number of hydrogen-bond acceptors (Lipinski definition) is 4. The van der Waals surface area contributed by atoms with E-state index in [-0.39, 0.29) is 11.7 Å². The molecule has 2 unspecified atom stereocenters. The molecule has 4 aromatic rings. The average molecular weight is 398 g/mol. The van der Waals surface area contributed by atoms with Crippen molar-refractivity contribution in [3.8, 4) is 0 Å². The van der Waals surface area contributed by atoms with Gasteiger partial charge in [0, 0.05) is 24.2 Å². The average Bonchev–Trinajstić information content (AvgIpc) is 2.79. The summed E-state index contributed by atoms with van der Waals surface area (Å²) in [6, 6.07) is 30.1. The molecule has 0 aromatic heterocycles. The molecule has 0 saturated carbocycles. The first-order chi connectivity index (χ1) is 14.6. The van der Waals surface area contributed by atoms with Crippen LogP contribution in [-0.2, 0) is 0 Å². The lowest BCUT2D eigenvalue weighted by Crippen LogP contribution is -2.15. The van der Waals surface area contributed by atoms with E-state index in [2.05, 4.69) is 11.4 Å². The molecule has 0 aliphatic carbocycles. The smallest absolute Gasteiger partial charge is 0.269 e. The molecule has 4 aromatic carbocycles. The number of nitrogens with one attached hydrogen (secondary N) is 1. The first-order valence-electron chi connectivity index (χ1n) is 9.83. The van der Waals surface area contributed by atoms with Gasteiger partial charge in [-0.3, -0.25) is 10.1 Å². The minimum absolute atomic E-state index is 0.0491. The number of non-ortho nitro benzene ring substituents is 1. The van der Waals surface area contributed by atoms with Crippen LogP contribution in [0.4, 0.5) is 11.4 Å². The Kier molecular flexibility index (Phi) is 5.72. The molecule has 2 N–H and O–H groups in total. The van der Waals surface area contributed by atoms with E-state index >= 15 is 0 Å². The summed E-state index contributed by atoms with van der Waals surface area (Å²) in [5.41, 5.74) is 2.71. The third-order valence-electron chi connectivity index (χ3n) is 5.24. The van der Waals surface area contributed by atoms with Crippen LogP contribution in [0.5, 0.6) is 0 Å². The molecule has 2 atom stereocenters. The Labute approximate surface area is 174 Å². The van der Waals surface area contributed by atoms with E-state index in [0.29, 0.717) is 6.42 Å². The predicted octanol–water partition coefficient (Wildman–Crippen LogP) is 6.02. The molecule has 150 valence electrons. The normalized spacial score (nSPS) is 13.0. The van der Waals surface area contributed by atoms with Crippen molar-refractivity contribution in [2.75, 3.05) is 5.32 Å². The highest BCUT2D eigenvalue weighted by molar-refractivity contribution is 5.83. The number of anilines is 1. The van der Waals surface area contributed by atoms with Crippen LogP contribution >= 0.6 is 0 Å². The number of hydrogen-bond donors (Lipinski definition) is 2. The van der Waals surface area contributed by atoms with Crippen molar-refractivity contribution < 1.29 is 10.0 Å². The number of benzene rings is 4. The van der Waals surface area contributed by atoms with Crippen molar-refractivity contribution in [3.63, 3.8) is 0 Å². The highest BCUT2D eigenvalue weighted by Gasteiger charge is 2.18. The van der Waals surface area contributed by atoms with Crippen LogP contribution in [-0.4, -0.2) is 10.0 Å². The van der Waals surface area contributed by atoms with Crippen molar-refractivity contribution in [3.05, 3.63) is 118 Å². The van der Waals surface area contributed by atoms with Gasteiger partial charge in [0.25, 0.3) is 5.69 Å². The first-order valence-corrected chi connectivity index (χ1v) is 9.83. The Morgan fingerprint density at radius 2 is 1.47 bits per heavy atom. The summed E-state index contributed by atoms with van der Waals surface area (Å²) in [5.74, 6) is 0. The van der Waals surface area contributed by atoms with Crippen molar-refractivity contribution in [1.82, 2.24) is 0 Å². The molecule has 0 aliphatic rings. The molecule has 0 saturated heterocycles. The molecule has 5 nitrogen and oxygen atoms in total. The molecule has 4 rings (SSSR count). The zero-order chi connectivity index (χ0) is 20.9. The fraction of sp³-hybridized carbons (Fsp3) is 0.120.